The van der Waals surface area contributed by atoms with E-state index in [9.17, 15) is 0 Å². The largest absolute Gasteiger partial charge is 0.490 e. The van der Waals surface area contributed by atoms with Gasteiger partial charge in [-0.3, -0.25) is 48.3 Å². The second-order valence-electron chi connectivity index (χ2n) is 31.9. The molecule has 13 aromatic carbocycles. The van der Waals surface area contributed by atoms with Gasteiger partial charge in [0.2, 0.25) is 0 Å². The Labute approximate surface area is 850 Å². The number of hydrogen-bond donors (Lipinski definition) is 0. The average molecular weight is 2680 g/mol. The molecule has 25 nitrogen and oxygen atoms in total. The molecule has 0 amide bonds. The molecule has 0 atom stereocenters. The van der Waals surface area contributed by atoms with Crippen LogP contribution in [0.5, 0.6) is 0 Å². The minimum absolute atomic E-state index is 0. The van der Waals surface area contributed by atoms with Crippen LogP contribution in [0.4, 0.5) is 0 Å². The van der Waals surface area contributed by atoms with Gasteiger partial charge in [-0.1, -0.05) is 219 Å². The van der Waals surface area contributed by atoms with Gasteiger partial charge in [0.05, 0.1) is 85.5 Å². The first-order valence-corrected chi connectivity index (χ1v) is 42.5. The number of aromatic nitrogens is 20. The summed E-state index contributed by atoms with van der Waals surface area (Å²) in [5.41, 5.74) is 33.3. The number of hydrogen-bond acceptors (Lipinski definition) is 20. The number of fused-ring (bicyclic) bond motifs is 5. The van der Waals surface area contributed by atoms with Crippen molar-refractivity contribution in [1.29, 1.82) is 0 Å². The van der Waals surface area contributed by atoms with Crippen molar-refractivity contribution in [2.45, 2.75) is 88.0 Å². The molecule has 0 spiro atoms. The zero-order valence-electron chi connectivity index (χ0n) is 75.0. The van der Waals surface area contributed by atoms with Crippen molar-refractivity contribution in [1.82, 2.24) is 98.7 Å². The molecule has 10 heterocycles. The van der Waals surface area contributed by atoms with Crippen molar-refractivity contribution < 1.29 is 123 Å². The molecule has 5 radical (unpaired) electrons. The molecule has 0 aliphatic rings. The maximum atomic E-state index is 5.67. The predicted molar refractivity (Wildman–Crippen MR) is 504 cm³/mol. The molecule has 0 saturated carbocycles. The molecule has 0 unspecified atom stereocenters. The standard InChI is InChI=1S/C27H17N4O.C23H17N4O.C21H21N4O.C18H15N4O.C17H13N4O.5Ir/c1-3-9-19(10-4-1)21-13-7-14-22(20-11-5-2-6-12-20)25(21)31-27(28-17-30-31)23-15-8-16-24-26(23)32-18-29-24;1-15-11-18(17-7-4-3-5-8-17)12-16(2)21(15)27-23(24-13-26-27)19-9-6-10-20-22(19)28-14-25-20;1-13(2)15-7-5-8-16(14(3)4)19(15)25-21(22-11-24-25)17-9-6-10-18-20(17)26-12-23-18;1-11-7-12(2)16(13(3)8-11)22-18(19-9-21-22)14-5-4-6-15-17(14)23-10-20-15;1-11-5-3-6-12(2)15(11)21-17(18-9-20-21)13-7-4-8-14-16(13)22-10-19-14;;;;;/h1-14,16-18H;3-8,10-14H,1-2H3;5-8,10-14H,1-4H3;4,6-10H,1-3H3;3-6,8-10H,1-2H3;;;;;/q5*-1;;;;;. The van der Waals surface area contributed by atoms with E-state index in [4.69, 9.17) is 22.1 Å². The number of aryl methyl sites for hydroxylation is 7. The van der Waals surface area contributed by atoms with Gasteiger partial charge < -0.3 is 22.1 Å². The van der Waals surface area contributed by atoms with Gasteiger partial charge in [-0.15, -0.1) is 91.0 Å². The summed E-state index contributed by atoms with van der Waals surface area (Å²) in [7, 11) is 0. The van der Waals surface area contributed by atoms with E-state index >= 15 is 0 Å². The van der Waals surface area contributed by atoms with Crippen LogP contribution < -0.4 is 0 Å². The van der Waals surface area contributed by atoms with Gasteiger partial charge in [0.25, 0.3) is 0 Å². The summed E-state index contributed by atoms with van der Waals surface area (Å²) in [5, 5.41) is 22.5. The third kappa shape index (κ3) is 19.7. The van der Waals surface area contributed by atoms with Crippen molar-refractivity contribution in [2.75, 3.05) is 0 Å². The summed E-state index contributed by atoms with van der Waals surface area (Å²) >= 11 is 0. The summed E-state index contributed by atoms with van der Waals surface area (Å²) in [5.74, 6) is 4.16. The molecule has 23 aromatic rings. The van der Waals surface area contributed by atoms with E-state index in [-0.39, 0.29) is 101 Å². The van der Waals surface area contributed by atoms with E-state index in [0.29, 0.717) is 68.9 Å². The van der Waals surface area contributed by atoms with Crippen LogP contribution in [0.1, 0.15) is 89.6 Å². The van der Waals surface area contributed by atoms with Gasteiger partial charge in [-0.05, 0) is 139 Å². The number of para-hydroxylation sites is 3. The first-order chi connectivity index (χ1) is 64.1. The van der Waals surface area contributed by atoms with Crippen molar-refractivity contribution in [3.63, 3.8) is 0 Å². The Balaban J connectivity index is 0.000000136. The Morgan fingerprint density at radius 3 is 0.801 bits per heavy atom. The summed E-state index contributed by atoms with van der Waals surface area (Å²) in [4.78, 5) is 43.6. The van der Waals surface area contributed by atoms with Crippen LogP contribution in [-0.2, 0) is 101 Å². The second kappa shape index (κ2) is 43.7. The molecule has 687 valence electrons. The molecular weight excluding hydrogens is 2590 g/mol. The molecule has 23 rings (SSSR count). The molecule has 0 fully saturated rings. The van der Waals surface area contributed by atoms with Gasteiger partial charge in [0.15, 0.2) is 32.0 Å². The summed E-state index contributed by atoms with van der Waals surface area (Å²) < 4.78 is 37.2. The van der Waals surface area contributed by atoms with Crippen LogP contribution in [-0.4, -0.2) is 98.7 Å². The van der Waals surface area contributed by atoms with Crippen LogP contribution >= 0.6 is 0 Å². The van der Waals surface area contributed by atoms with Gasteiger partial charge in [0.1, 0.15) is 31.6 Å². The van der Waals surface area contributed by atoms with Crippen molar-refractivity contribution >= 4 is 55.5 Å². The monoisotopic (exact) mass is 2680 g/mol. The van der Waals surface area contributed by atoms with Crippen molar-refractivity contribution in [3.05, 3.63) is 375 Å². The first-order valence-electron chi connectivity index (χ1n) is 42.5. The van der Waals surface area contributed by atoms with Crippen LogP contribution in [0.25, 0.3) is 174 Å². The molecule has 136 heavy (non-hydrogen) atoms. The second-order valence-corrected chi connectivity index (χ2v) is 31.9. The normalized spacial score (nSPS) is 10.9. The zero-order valence-corrected chi connectivity index (χ0v) is 87.0. The summed E-state index contributed by atoms with van der Waals surface area (Å²) in [6, 6.07) is 93.2. The Hall–Kier alpha value is -13.8. The Morgan fingerprint density at radius 2 is 0.500 bits per heavy atom. The third-order valence-corrected chi connectivity index (χ3v) is 22.6. The number of oxazole rings is 5. The van der Waals surface area contributed by atoms with Gasteiger partial charge in [-0.2, -0.15) is 25.5 Å². The summed E-state index contributed by atoms with van der Waals surface area (Å²) in [6.07, 6.45) is 15.0. The number of nitrogens with zero attached hydrogens (tertiary/aromatic N) is 20. The van der Waals surface area contributed by atoms with E-state index in [1.165, 1.54) is 59.8 Å². The van der Waals surface area contributed by atoms with Crippen molar-refractivity contribution in [2.24, 2.45) is 0 Å². The van der Waals surface area contributed by atoms with E-state index < -0.39 is 0 Å². The molecule has 0 bridgehead atoms. The maximum absolute atomic E-state index is 5.67. The van der Waals surface area contributed by atoms with Crippen LogP contribution in [0.3, 0.4) is 0 Å². The van der Waals surface area contributed by atoms with E-state index in [1.54, 1.807) is 31.6 Å². The van der Waals surface area contributed by atoms with E-state index in [1.807, 2.05) is 133 Å². The van der Waals surface area contributed by atoms with Gasteiger partial charge in [-0.25, -0.2) is 24.9 Å². The SMILES string of the molecule is CC(C)c1cccc(C(C)C)c1-n1ncnc1-c1[c-]ccc2ncoc12.Cc1cc(-c2ccccc2)cc(C)c1-n1ncnc1-c1[c-]ccc2ncoc12.Cc1cc(C)c(-n2ncnc2-c2[c-]ccc3ncoc23)c(C)c1.Cc1cccc(C)c1-n1ncnc1-c1[c-]ccc2ncoc12.[Ir].[Ir].[Ir].[Ir].[Ir].[c-]1ccc2ncoc2c1-c1ncnn1-c1c(-c2ccccc2)cccc1-c1ccccc1. The topological polar surface area (TPSA) is 284 Å². The quantitative estimate of drug-likeness (QED) is 0.0862. The smallest absolute Gasteiger partial charge is 0.169 e. The summed E-state index contributed by atoms with van der Waals surface area (Å²) in [6.45, 7) is 23.4. The van der Waals surface area contributed by atoms with Crippen LogP contribution in [0, 0.1) is 78.8 Å². The molecule has 10 aromatic heterocycles. The molecule has 0 aliphatic heterocycles. The average Bonchev–Trinajstić information content (AvgIpc) is 1.61. The molecule has 0 N–H and O–H groups in total. The van der Waals surface area contributed by atoms with Crippen LogP contribution in [0.2, 0.25) is 0 Å². The van der Waals surface area contributed by atoms with Gasteiger partial charge in [0, 0.05) is 139 Å². The fourth-order valence-corrected chi connectivity index (χ4v) is 16.8. The van der Waals surface area contributed by atoms with Gasteiger partial charge >= 0.3 is 0 Å². The third-order valence-electron chi connectivity index (χ3n) is 22.6. The fraction of sp³-hybridized carbons (Fsp3) is 0.123. The first kappa shape index (κ1) is 98.2. The predicted octanol–water partition coefficient (Wildman–Crippen LogP) is 23.8. The molecule has 0 saturated heterocycles. The molecule has 0 aliphatic carbocycles. The fourth-order valence-electron chi connectivity index (χ4n) is 16.8. The zero-order chi connectivity index (χ0) is 89.8. The molecule has 30 heteroatoms. The van der Waals surface area contributed by atoms with E-state index in [0.717, 1.165) is 139 Å². The minimum atomic E-state index is 0. The number of rotatable bonds is 15. The van der Waals surface area contributed by atoms with Crippen LogP contribution in [0.15, 0.2) is 316 Å². The Morgan fingerprint density at radius 1 is 0.243 bits per heavy atom. The van der Waals surface area contributed by atoms with Crippen molar-refractivity contribution in [3.8, 4) is 119 Å². The van der Waals surface area contributed by atoms with E-state index in [2.05, 4.69) is 303 Å². The molecular formula is C106H83Ir5N20O5-5. The Kier molecular flexibility index (Phi) is 31.5. The minimum Gasteiger partial charge on any atom is -0.490 e. The number of benzene rings is 13. The maximum Gasteiger partial charge on any atom is 0.169 e. The Bertz CT molecular complexity index is 7880.